The number of nitrogens with zero attached hydrogens (tertiary/aromatic N) is 4. The van der Waals surface area contributed by atoms with Gasteiger partial charge in [0, 0.05) is 45.7 Å². The van der Waals surface area contributed by atoms with Gasteiger partial charge in [-0.3, -0.25) is 14.2 Å². The summed E-state index contributed by atoms with van der Waals surface area (Å²) in [5.41, 5.74) is 0.587. The summed E-state index contributed by atoms with van der Waals surface area (Å²) in [6, 6.07) is 7.26. The zero-order valence-corrected chi connectivity index (χ0v) is 16.1. The number of aryl methyl sites for hydroxylation is 1. The quantitative estimate of drug-likeness (QED) is 0.699. The van der Waals surface area contributed by atoms with Gasteiger partial charge in [-0.25, -0.2) is 4.98 Å². The summed E-state index contributed by atoms with van der Waals surface area (Å²) in [5, 5.41) is 3.54. The molecule has 7 heteroatoms. The lowest BCUT2D eigenvalue weighted by Crippen LogP contribution is -2.44. The molecule has 27 heavy (non-hydrogen) atoms. The molecule has 2 aromatic rings. The van der Waals surface area contributed by atoms with E-state index in [2.05, 4.69) is 27.1 Å². The molecular weight excluding hydrogens is 342 g/mol. The Balaban J connectivity index is 1.34. The van der Waals surface area contributed by atoms with Gasteiger partial charge in [-0.05, 0) is 38.6 Å². The lowest BCUT2D eigenvalue weighted by molar-refractivity contribution is -0.121. The maximum Gasteiger partial charge on any atom is 0.261 e. The highest BCUT2D eigenvalue weighted by Crippen LogP contribution is 2.05. The molecule has 0 unspecified atom stereocenters. The molecule has 1 fully saturated rings. The van der Waals surface area contributed by atoms with Gasteiger partial charge in [-0.1, -0.05) is 12.1 Å². The molecule has 0 atom stereocenters. The lowest BCUT2D eigenvalue weighted by Gasteiger charge is -2.32. The molecule has 2 heterocycles. The normalized spacial score (nSPS) is 15.9. The first-order valence-electron chi connectivity index (χ1n) is 9.75. The maximum atomic E-state index is 12.4. The Labute approximate surface area is 160 Å². The fourth-order valence-corrected chi connectivity index (χ4v) is 3.34. The molecule has 1 aliphatic rings. The number of unbranched alkanes of at least 4 members (excludes halogenated alkanes) is 1. The number of rotatable bonds is 8. The minimum absolute atomic E-state index is 0.0188. The monoisotopic (exact) mass is 371 g/mol. The highest BCUT2D eigenvalue weighted by molar-refractivity contribution is 5.77. The number of nitrogens with one attached hydrogen (secondary N) is 1. The van der Waals surface area contributed by atoms with Crippen LogP contribution in [0.3, 0.4) is 0 Å². The van der Waals surface area contributed by atoms with Gasteiger partial charge in [0.1, 0.15) is 0 Å². The van der Waals surface area contributed by atoms with Gasteiger partial charge in [0.15, 0.2) is 0 Å². The van der Waals surface area contributed by atoms with E-state index in [4.69, 9.17) is 0 Å². The van der Waals surface area contributed by atoms with E-state index >= 15 is 0 Å². The van der Waals surface area contributed by atoms with Gasteiger partial charge in [-0.15, -0.1) is 0 Å². The fourth-order valence-electron chi connectivity index (χ4n) is 3.34. The molecular formula is C20H29N5O2. The number of carbonyl (C=O) groups excluding carboxylic acids is 1. The number of hydrogen-bond donors (Lipinski definition) is 1. The zero-order valence-electron chi connectivity index (χ0n) is 16.1. The van der Waals surface area contributed by atoms with Gasteiger partial charge < -0.3 is 15.1 Å². The molecule has 7 nitrogen and oxygen atoms in total. The van der Waals surface area contributed by atoms with Crippen LogP contribution >= 0.6 is 0 Å². The second-order valence-electron chi connectivity index (χ2n) is 7.21. The van der Waals surface area contributed by atoms with Crippen molar-refractivity contribution in [3.8, 4) is 0 Å². The smallest absolute Gasteiger partial charge is 0.261 e. The Bertz CT molecular complexity index is 811. The number of fused-ring (bicyclic) bond motifs is 1. The van der Waals surface area contributed by atoms with Crippen LogP contribution < -0.4 is 10.9 Å². The maximum absolute atomic E-state index is 12.4. The summed E-state index contributed by atoms with van der Waals surface area (Å²) < 4.78 is 1.51. The molecule has 0 saturated carbocycles. The van der Waals surface area contributed by atoms with Crippen molar-refractivity contribution in [3.05, 3.63) is 40.9 Å². The van der Waals surface area contributed by atoms with Crippen molar-refractivity contribution < 1.29 is 4.79 Å². The van der Waals surface area contributed by atoms with E-state index in [0.717, 1.165) is 45.6 Å². The van der Waals surface area contributed by atoms with Crippen LogP contribution in [0.5, 0.6) is 0 Å². The second kappa shape index (κ2) is 9.62. The van der Waals surface area contributed by atoms with E-state index in [9.17, 15) is 9.59 Å². The van der Waals surface area contributed by atoms with Gasteiger partial charge >= 0.3 is 0 Å². The standard InChI is InChI=1S/C20H29N5O2/c1-23-12-14-24(15-13-23)10-5-4-9-21-19(26)8-11-25-16-22-18-7-3-2-6-17(18)20(25)27/h2-3,6-7,16H,4-5,8-15H2,1H3,(H,21,26). The molecule has 1 aromatic carbocycles. The summed E-state index contributed by atoms with van der Waals surface area (Å²) in [4.78, 5) is 33.5. The fraction of sp³-hybridized carbons (Fsp3) is 0.550. The number of hydrogen-bond acceptors (Lipinski definition) is 5. The van der Waals surface area contributed by atoms with E-state index in [1.165, 1.54) is 10.9 Å². The van der Waals surface area contributed by atoms with Gasteiger partial charge in [0.05, 0.1) is 17.2 Å². The third-order valence-electron chi connectivity index (χ3n) is 5.13. The third-order valence-corrected chi connectivity index (χ3v) is 5.13. The molecule has 0 spiro atoms. The number of benzene rings is 1. The predicted molar refractivity (Wildman–Crippen MR) is 107 cm³/mol. The first kappa shape index (κ1) is 19.5. The van der Waals surface area contributed by atoms with Gasteiger partial charge in [-0.2, -0.15) is 0 Å². The number of amides is 1. The average Bonchev–Trinajstić information content (AvgIpc) is 2.69. The van der Waals surface area contributed by atoms with Crippen LogP contribution in [0.4, 0.5) is 0 Å². The molecule has 0 bridgehead atoms. The summed E-state index contributed by atoms with van der Waals surface area (Å²) >= 11 is 0. The Morgan fingerprint density at radius 2 is 1.89 bits per heavy atom. The molecule has 3 rings (SSSR count). The van der Waals surface area contributed by atoms with Crippen molar-refractivity contribution in [2.75, 3.05) is 46.3 Å². The lowest BCUT2D eigenvalue weighted by atomic mass is 10.2. The van der Waals surface area contributed by atoms with Crippen LogP contribution in [0, 0.1) is 0 Å². The van der Waals surface area contributed by atoms with E-state index in [1.807, 2.05) is 18.2 Å². The molecule has 1 saturated heterocycles. The third kappa shape index (κ3) is 5.61. The van der Waals surface area contributed by atoms with E-state index < -0.39 is 0 Å². The molecule has 1 aromatic heterocycles. The Morgan fingerprint density at radius 3 is 2.70 bits per heavy atom. The molecule has 1 aliphatic heterocycles. The van der Waals surface area contributed by atoms with Crippen molar-refractivity contribution in [2.24, 2.45) is 0 Å². The Hall–Kier alpha value is -2.25. The highest BCUT2D eigenvalue weighted by atomic mass is 16.1. The van der Waals surface area contributed by atoms with Crippen LogP contribution in [0.25, 0.3) is 10.9 Å². The summed E-state index contributed by atoms with van der Waals surface area (Å²) in [5.74, 6) is -0.0188. The van der Waals surface area contributed by atoms with Gasteiger partial charge in [0.25, 0.3) is 5.56 Å². The highest BCUT2D eigenvalue weighted by Gasteiger charge is 2.12. The molecule has 146 valence electrons. The van der Waals surface area contributed by atoms with E-state index in [1.54, 1.807) is 6.07 Å². The number of piperazine rings is 1. The first-order valence-corrected chi connectivity index (χ1v) is 9.75. The van der Waals surface area contributed by atoms with Crippen molar-refractivity contribution in [1.29, 1.82) is 0 Å². The van der Waals surface area contributed by atoms with E-state index in [-0.39, 0.29) is 11.5 Å². The molecule has 1 N–H and O–H groups in total. The average molecular weight is 371 g/mol. The van der Waals surface area contributed by atoms with Crippen molar-refractivity contribution in [1.82, 2.24) is 24.7 Å². The minimum atomic E-state index is -0.0967. The Morgan fingerprint density at radius 1 is 1.11 bits per heavy atom. The SMILES string of the molecule is CN1CCN(CCCCNC(=O)CCn2cnc3ccccc3c2=O)CC1. The van der Waals surface area contributed by atoms with Crippen LogP contribution in [0.15, 0.2) is 35.4 Å². The summed E-state index contributed by atoms with van der Waals surface area (Å²) in [7, 11) is 2.16. The zero-order chi connectivity index (χ0) is 19.1. The molecule has 0 aliphatic carbocycles. The van der Waals surface area contributed by atoms with Crippen LogP contribution in [-0.4, -0.2) is 71.6 Å². The molecule has 1 amide bonds. The topological polar surface area (TPSA) is 70.5 Å². The number of carbonyl (C=O) groups is 1. The first-order chi connectivity index (χ1) is 13.1. The van der Waals surface area contributed by atoms with Crippen molar-refractivity contribution in [2.45, 2.75) is 25.8 Å². The van der Waals surface area contributed by atoms with Crippen molar-refractivity contribution >= 4 is 16.8 Å². The Kier molecular flexibility index (Phi) is 6.95. The summed E-state index contributed by atoms with van der Waals surface area (Å²) in [6.07, 6.45) is 3.89. The van der Waals surface area contributed by atoms with Crippen LogP contribution in [0.2, 0.25) is 0 Å². The van der Waals surface area contributed by atoms with Crippen molar-refractivity contribution in [3.63, 3.8) is 0 Å². The predicted octanol–water partition coefficient (Wildman–Crippen LogP) is 0.930. The number of likely N-dealkylation sites (N-methyl/N-ethyl adjacent to an activating group) is 1. The van der Waals surface area contributed by atoms with Crippen LogP contribution in [0.1, 0.15) is 19.3 Å². The summed E-state index contributed by atoms with van der Waals surface area (Å²) in [6.45, 7) is 6.69. The number of para-hydroxylation sites is 1. The second-order valence-corrected chi connectivity index (χ2v) is 7.21. The minimum Gasteiger partial charge on any atom is -0.356 e. The van der Waals surface area contributed by atoms with E-state index in [0.29, 0.717) is 30.4 Å². The largest absolute Gasteiger partial charge is 0.356 e. The van der Waals surface area contributed by atoms with Gasteiger partial charge in [0.2, 0.25) is 5.91 Å². The van der Waals surface area contributed by atoms with Crippen LogP contribution in [-0.2, 0) is 11.3 Å². The molecule has 0 radical (unpaired) electrons. The number of aromatic nitrogens is 2.